The van der Waals surface area contributed by atoms with Gasteiger partial charge in [-0.25, -0.2) is 16.8 Å². The molecule has 2 aromatic rings. The van der Waals surface area contributed by atoms with Gasteiger partial charge in [0.15, 0.2) is 19.7 Å². The average molecular weight is 449 g/mol. The van der Waals surface area contributed by atoms with E-state index in [1.54, 1.807) is 60.7 Å². The van der Waals surface area contributed by atoms with Gasteiger partial charge >= 0.3 is 0 Å². The molecule has 2 aliphatic rings. The highest BCUT2D eigenvalue weighted by Crippen LogP contribution is 2.55. The summed E-state index contributed by atoms with van der Waals surface area (Å²) in [5, 5.41) is 10.8. The largest absolute Gasteiger partial charge is 0.388 e. The number of aliphatic hydroxyl groups is 1. The molecule has 0 amide bonds. The summed E-state index contributed by atoms with van der Waals surface area (Å²) >= 11 is 0. The summed E-state index contributed by atoms with van der Waals surface area (Å²) in [4.78, 5) is 0.492. The molecule has 2 aromatic carbocycles. The zero-order valence-electron chi connectivity index (χ0n) is 16.9. The maximum Gasteiger partial charge on any atom is 0.184 e. The van der Waals surface area contributed by atoms with Crippen LogP contribution in [0.15, 0.2) is 70.5 Å². The van der Waals surface area contributed by atoms with E-state index in [1.807, 2.05) is 0 Å². The Balaban J connectivity index is 1.60. The summed E-state index contributed by atoms with van der Waals surface area (Å²) in [6, 6.07) is 16.6. The number of fused-ring (bicyclic) bond motifs is 1. The normalized spacial score (nSPS) is 29.4. The van der Waals surface area contributed by atoms with Gasteiger partial charge in [-0.05, 0) is 61.8 Å². The maximum absolute atomic E-state index is 13.3. The van der Waals surface area contributed by atoms with Gasteiger partial charge in [-0.2, -0.15) is 0 Å². The van der Waals surface area contributed by atoms with Gasteiger partial charge in [0.05, 0.1) is 26.4 Å². The van der Waals surface area contributed by atoms with Gasteiger partial charge in [0.2, 0.25) is 0 Å². The molecular weight excluding hydrogens is 420 g/mol. The molecule has 0 heterocycles. The van der Waals surface area contributed by atoms with Crippen molar-refractivity contribution < 1.29 is 21.9 Å². The van der Waals surface area contributed by atoms with Crippen LogP contribution in [0.3, 0.4) is 0 Å². The predicted molar refractivity (Wildman–Crippen MR) is 116 cm³/mol. The molecule has 0 radical (unpaired) electrons. The number of hydrogen-bond acceptors (Lipinski definition) is 5. The molecule has 2 saturated carbocycles. The predicted octanol–water partition coefficient (Wildman–Crippen LogP) is 3.63. The SMILES string of the molecule is O=S(=O)(CCC1CCCC[C@H]2C[C@H](S(=O)(=O)c3ccccc3)[C@@]12O)c1ccccc1. The lowest BCUT2D eigenvalue weighted by Crippen LogP contribution is -2.66. The van der Waals surface area contributed by atoms with Gasteiger partial charge in [-0.1, -0.05) is 49.2 Å². The van der Waals surface area contributed by atoms with Crippen LogP contribution in [0.2, 0.25) is 0 Å². The fourth-order valence-electron chi connectivity index (χ4n) is 5.26. The van der Waals surface area contributed by atoms with Gasteiger partial charge in [0.25, 0.3) is 0 Å². The van der Waals surface area contributed by atoms with Gasteiger partial charge in [0.1, 0.15) is 0 Å². The third-order valence-corrected chi connectivity index (χ3v) is 11.0. The topological polar surface area (TPSA) is 88.5 Å². The Hall–Kier alpha value is -1.70. The third kappa shape index (κ3) is 3.72. The Labute approximate surface area is 179 Å². The Kier molecular flexibility index (Phi) is 5.81. The van der Waals surface area contributed by atoms with Crippen molar-refractivity contribution >= 4 is 19.7 Å². The molecule has 30 heavy (non-hydrogen) atoms. The quantitative estimate of drug-likeness (QED) is 0.729. The summed E-state index contributed by atoms with van der Waals surface area (Å²) in [6.07, 6.45) is 3.97. The summed E-state index contributed by atoms with van der Waals surface area (Å²) in [5.74, 6) is -0.525. The molecule has 0 bridgehead atoms. The fraction of sp³-hybridized carbons (Fsp3) is 0.478. The minimum Gasteiger partial charge on any atom is -0.388 e. The monoisotopic (exact) mass is 448 g/mol. The van der Waals surface area contributed by atoms with E-state index in [0.717, 1.165) is 19.3 Å². The minimum absolute atomic E-state index is 0.0885. The first-order valence-corrected chi connectivity index (χ1v) is 13.8. The zero-order valence-corrected chi connectivity index (χ0v) is 18.5. The first-order chi connectivity index (χ1) is 14.3. The standard InChI is InChI=1S/C23H28O5S2/c24-23-18(15-16-29(25,26)20-11-3-1-4-12-20)9-7-8-10-19(23)17-22(23)30(27,28)21-13-5-2-6-14-21/h1-6,11-14,18-19,22,24H,7-10,15-17H2/t18?,19-,22-,23+/m0/s1. The summed E-state index contributed by atoms with van der Waals surface area (Å²) < 4.78 is 52.1. The average Bonchev–Trinajstić information content (AvgIpc) is 2.85. The summed E-state index contributed by atoms with van der Waals surface area (Å²) in [5.41, 5.74) is -1.36. The van der Waals surface area contributed by atoms with Gasteiger partial charge in [-0.15, -0.1) is 0 Å². The highest BCUT2D eigenvalue weighted by Gasteiger charge is 2.63. The Bertz CT molecular complexity index is 1080. The molecule has 2 aliphatic carbocycles. The van der Waals surface area contributed by atoms with Crippen molar-refractivity contribution in [2.24, 2.45) is 11.8 Å². The third-order valence-electron chi connectivity index (χ3n) is 6.96. The molecule has 0 aliphatic heterocycles. The van der Waals surface area contributed by atoms with Crippen molar-refractivity contribution in [3.8, 4) is 0 Å². The van der Waals surface area contributed by atoms with E-state index in [0.29, 0.717) is 12.8 Å². The van der Waals surface area contributed by atoms with Crippen LogP contribution in [-0.2, 0) is 19.7 Å². The number of rotatable bonds is 6. The van der Waals surface area contributed by atoms with Crippen LogP contribution in [0.5, 0.6) is 0 Å². The number of hydrogen-bond donors (Lipinski definition) is 1. The molecule has 0 saturated heterocycles. The second kappa shape index (κ2) is 8.09. The summed E-state index contributed by atoms with van der Waals surface area (Å²) in [6.45, 7) is 0. The second-order valence-corrected chi connectivity index (χ2v) is 12.8. The molecule has 0 spiro atoms. The van der Waals surface area contributed by atoms with E-state index >= 15 is 0 Å². The Morgan fingerprint density at radius 1 is 0.833 bits per heavy atom. The van der Waals surface area contributed by atoms with Crippen molar-refractivity contribution in [3.05, 3.63) is 60.7 Å². The van der Waals surface area contributed by atoms with E-state index in [4.69, 9.17) is 0 Å². The van der Waals surface area contributed by atoms with Gasteiger partial charge < -0.3 is 5.11 Å². The first kappa shape index (κ1) is 21.5. The molecule has 4 atom stereocenters. The second-order valence-electron chi connectivity index (χ2n) is 8.57. The molecule has 1 unspecified atom stereocenters. The first-order valence-electron chi connectivity index (χ1n) is 10.6. The van der Waals surface area contributed by atoms with Crippen molar-refractivity contribution in [3.63, 3.8) is 0 Å². The van der Waals surface area contributed by atoms with E-state index in [-0.39, 0.29) is 33.8 Å². The number of sulfone groups is 2. The molecule has 4 rings (SSSR count). The van der Waals surface area contributed by atoms with Gasteiger partial charge in [0, 0.05) is 0 Å². The van der Waals surface area contributed by atoms with Crippen LogP contribution in [0, 0.1) is 11.8 Å². The smallest absolute Gasteiger partial charge is 0.184 e. The Morgan fingerprint density at radius 2 is 1.40 bits per heavy atom. The number of benzene rings is 2. The van der Waals surface area contributed by atoms with E-state index < -0.39 is 30.5 Å². The molecule has 7 heteroatoms. The van der Waals surface area contributed by atoms with Crippen molar-refractivity contribution in [2.45, 2.75) is 59.2 Å². The van der Waals surface area contributed by atoms with Crippen molar-refractivity contribution in [2.75, 3.05) is 5.75 Å². The highest BCUT2D eigenvalue weighted by molar-refractivity contribution is 7.92. The molecule has 1 N–H and O–H groups in total. The molecule has 2 fully saturated rings. The van der Waals surface area contributed by atoms with Crippen LogP contribution in [-0.4, -0.2) is 38.5 Å². The van der Waals surface area contributed by atoms with E-state index in [9.17, 15) is 21.9 Å². The fourth-order valence-corrected chi connectivity index (χ4v) is 8.90. The van der Waals surface area contributed by atoms with E-state index in [1.165, 1.54) is 0 Å². The molecule has 0 aromatic heterocycles. The lowest BCUT2D eigenvalue weighted by Gasteiger charge is -2.55. The lowest BCUT2D eigenvalue weighted by molar-refractivity contribution is -0.131. The summed E-state index contributed by atoms with van der Waals surface area (Å²) in [7, 11) is -7.17. The van der Waals surface area contributed by atoms with Crippen LogP contribution in [0.1, 0.15) is 38.5 Å². The Morgan fingerprint density at radius 3 is 2.03 bits per heavy atom. The van der Waals surface area contributed by atoms with Crippen LogP contribution >= 0.6 is 0 Å². The minimum atomic E-state index is -3.69. The van der Waals surface area contributed by atoms with Crippen LogP contribution in [0.25, 0.3) is 0 Å². The van der Waals surface area contributed by atoms with Crippen LogP contribution in [0.4, 0.5) is 0 Å². The maximum atomic E-state index is 13.3. The highest BCUT2D eigenvalue weighted by atomic mass is 32.2. The molecule has 162 valence electrons. The van der Waals surface area contributed by atoms with Gasteiger partial charge in [-0.3, -0.25) is 0 Å². The van der Waals surface area contributed by atoms with Crippen LogP contribution < -0.4 is 0 Å². The zero-order chi connectivity index (χ0) is 21.4. The van der Waals surface area contributed by atoms with Crippen molar-refractivity contribution in [1.29, 1.82) is 0 Å². The molecule has 5 nitrogen and oxygen atoms in total. The molecular formula is C23H28O5S2. The van der Waals surface area contributed by atoms with E-state index in [2.05, 4.69) is 0 Å². The lowest BCUT2D eigenvalue weighted by atomic mass is 9.61. The van der Waals surface area contributed by atoms with Crippen molar-refractivity contribution in [1.82, 2.24) is 0 Å².